The van der Waals surface area contributed by atoms with Gasteiger partial charge in [-0.1, -0.05) is 6.07 Å². The lowest BCUT2D eigenvalue weighted by Crippen LogP contribution is -2.11. The molecule has 0 unspecified atom stereocenters. The number of fused-ring (bicyclic) bond motifs is 1. The maximum absolute atomic E-state index is 4.68. The minimum Gasteiger partial charge on any atom is -0.302 e. The summed E-state index contributed by atoms with van der Waals surface area (Å²) in [5.41, 5.74) is 1.18. The third-order valence-electron chi connectivity index (χ3n) is 3.12. The summed E-state index contributed by atoms with van der Waals surface area (Å²) in [5, 5.41) is 0. The van der Waals surface area contributed by atoms with Crippen molar-refractivity contribution < 1.29 is 0 Å². The van der Waals surface area contributed by atoms with Crippen LogP contribution < -0.4 is 0 Å². The number of nitrogens with zero attached hydrogens (tertiary/aromatic N) is 2. The van der Waals surface area contributed by atoms with E-state index in [1.165, 1.54) is 35.7 Å². The van der Waals surface area contributed by atoms with Crippen molar-refractivity contribution in [1.29, 1.82) is 0 Å². The van der Waals surface area contributed by atoms with Gasteiger partial charge in [-0.05, 0) is 52.4 Å². The van der Waals surface area contributed by atoms with Crippen LogP contribution in [0, 0.1) is 0 Å². The molecule has 0 spiro atoms. The number of thioether (sulfide) groups is 1. The van der Waals surface area contributed by atoms with E-state index in [1.807, 2.05) is 0 Å². The number of aromatic nitrogens is 2. The summed E-state index contributed by atoms with van der Waals surface area (Å²) >= 11 is 5.60. The first kappa shape index (κ1) is 10.7. The maximum Gasteiger partial charge on any atom is 0.132 e. The molecule has 2 aromatic heterocycles. The molecule has 0 amide bonds. The van der Waals surface area contributed by atoms with Crippen LogP contribution in [-0.2, 0) is 0 Å². The van der Waals surface area contributed by atoms with Gasteiger partial charge in [0.2, 0.25) is 0 Å². The molecule has 0 N–H and O–H groups in total. The Morgan fingerprint density at radius 1 is 1.31 bits per heavy atom. The molecule has 4 heteroatoms. The van der Waals surface area contributed by atoms with E-state index < -0.39 is 0 Å². The highest BCUT2D eigenvalue weighted by atomic mass is 79.9. The van der Waals surface area contributed by atoms with Gasteiger partial charge in [-0.15, -0.1) is 0 Å². The molecule has 3 rings (SSSR count). The van der Waals surface area contributed by atoms with Crippen molar-refractivity contribution in [2.45, 2.75) is 18.8 Å². The van der Waals surface area contributed by atoms with Crippen LogP contribution in [0.4, 0.5) is 0 Å². The van der Waals surface area contributed by atoms with Crippen LogP contribution in [0.15, 0.2) is 29.0 Å². The van der Waals surface area contributed by atoms with Gasteiger partial charge in [0.25, 0.3) is 0 Å². The zero-order valence-corrected chi connectivity index (χ0v) is 11.3. The standard InChI is InChI=1S/C12H13BrN2S/c13-11-10-3-1-2-6-15(10)12(14-11)9-4-7-16-8-5-9/h1-3,6,9H,4-5,7-8H2. The Kier molecular flexibility index (Phi) is 2.94. The lowest BCUT2D eigenvalue weighted by Gasteiger charge is -2.20. The van der Waals surface area contributed by atoms with Gasteiger partial charge in [-0.2, -0.15) is 11.8 Å². The van der Waals surface area contributed by atoms with Gasteiger partial charge in [0, 0.05) is 12.1 Å². The van der Waals surface area contributed by atoms with Crippen molar-refractivity contribution in [3.05, 3.63) is 34.8 Å². The zero-order valence-electron chi connectivity index (χ0n) is 8.90. The van der Waals surface area contributed by atoms with E-state index in [-0.39, 0.29) is 0 Å². The van der Waals surface area contributed by atoms with E-state index in [0.717, 1.165) is 4.60 Å². The molecule has 2 nitrogen and oxygen atoms in total. The van der Waals surface area contributed by atoms with Crippen LogP contribution in [0.5, 0.6) is 0 Å². The summed E-state index contributed by atoms with van der Waals surface area (Å²) in [6.45, 7) is 0. The van der Waals surface area contributed by atoms with Gasteiger partial charge >= 0.3 is 0 Å². The zero-order chi connectivity index (χ0) is 11.0. The quantitative estimate of drug-likeness (QED) is 0.798. The Hall–Kier alpha value is -0.480. The Morgan fingerprint density at radius 2 is 2.12 bits per heavy atom. The number of halogens is 1. The molecule has 1 aliphatic rings. The van der Waals surface area contributed by atoms with Crippen LogP contribution in [0.2, 0.25) is 0 Å². The first-order chi connectivity index (χ1) is 7.86. The van der Waals surface area contributed by atoms with Crippen molar-refractivity contribution in [2.75, 3.05) is 11.5 Å². The minimum atomic E-state index is 0.627. The summed E-state index contributed by atoms with van der Waals surface area (Å²) in [6, 6.07) is 6.24. The van der Waals surface area contributed by atoms with Crippen molar-refractivity contribution in [3.63, 3.8) is 0 Å². The number of hydrogen-bond acceptors (Lipinski definition) is 2. The fourth-order valence-electron chi connectivity index (χ4n) is 2.27. The number of pyridine rings is 1. The van der Waals surface area contributed by atoms with Crippen LogP contribution in [0.1, 0.15) is 24.6 Å². The monoisotopic (exact) mass is 296 g/mol. The normalized spacial score (nSPS) is 18.1. The molecule has 0 bridgehead atoms. The molecule has 0 atom stereocenters. The molecule has 16 heavy (non-hydrogen) atoms. The molecule has 3 heterocycles. The SMILES string of the molecule is Brc1nc(C2CCSCC2)n2ccccc12. The molecular weight excluding hydrogens is 284 g/mol. The number of hydrogen-bond donors (Lipinski definition) is 0. The molecule has 84 valence electrons. The Balaban J connectivity index is 2.08. The van der Waals surface area contributed by atoms with E-state index in [1.54, 1.807) is 0 Å². The average Bonchev–Trinajstić information content (AvgIpc) is 2.69. The Bertz CT molecular complexity index is 503. The molecule has 0 radical (unpaired) electrons. The molecule has 2 aromatic rings. The molecule has 0 saturated carbocycles. The van der Waals surface area contributed by atoms with E-state index in [2.05, 4.69) is 61.5 Å². The average molecular weight is 297 g/mol. The fourth-order valence-corrected chi connectivity index (χ4v) is 3.88. The van der Waals surface area contributed by atoms with E-state index in [0.29, 0.717) is 5.92 Å². The summed E-state index contributed by atoms with van der Waals surface area (Å²) in [6.07, 6.45) is 4.63. The molecule has 1 fully saturated rings. The van der Waals surface area contributed by atoms with Crippen LogP contribution in [-0.4, -0.2) is 20.9 Å². The predicted molar refractivity (Wildman–Crippen MR) is 72.2 cm³/mol. The van der Waals surface area contributed by atoms with Crippen molar-refractivity contribution in [2.24, 2.45) is 0 Å². The topological polar surface area (TPSA) is 17.3 Å². The highest BCUT2D eigenvalue weighted by Gasteiger charge is 2.21. The van der Waals surface area contributed by atoms with Crippen molar-refractivity contribution in [3.8, 4) is 0 Å². The summed E-state index contributed by atoms with van der Waals surface area (Å²) in [4.78, 5) is 4.68. The van der Waals surface area contributed by atoms with Crippen LogP contribution in [0.3, 0.4) is 0 Å². The highest BCUT2D eigenvalue weighted by Crippen LogP contribution is 2.33. The van der Waals surface area contributed by atoms with Gasteiger partial charge in [-0.25, -0.2) is 4.98 Å². The predicted octanol–water partition coefficient (Wildman–Crippen LogP) is 3.71. The number of imidazole rings is 1. The minimum absolute atomic E-state index is 0.627. The smallest absolute Gasteiger partial charge is 0.132 e. The van der Waals surface area contributed by atoms with Crippen molar-refractivity contribution >= 4 is 33.2 Å². The van der Waals surface area contributed by atoms with E-state index in [9.17, 15) is 0 Å². The molecule has 0 aromatic carbocycles. The third kappa shape index (κ3) is 1.78. The second-order valence-corrected chi connectivity index (χ2v) is 6.08. The molecular formula is C12H13BrN2S. The van der Waals surface area contributed by atoms with Crippen LogP contribution >= 0.6 is 27.7 Å². The highest BCUT2D eigenvalue weighted by molar-refractivity contribution is 9.10. The van der Waals surface area contributed by atoms with Gasteiger partial charge in [0.05, 0.1) is 5.52 Å². The second kappa shape index (κ2) is 4.41. The van der Waals surface area contributed by atoms with E-state index >= 15 is 0 Å². The maximum atomic E-state index is 4.68. The van der Waals surface area contributed by atoms with E-state index in [4.69, 9.17) is 0 Å². The Morgan fingerprint density at radius 3 is 2.94 bits per heavy atom. The largest absolute Gasteiger partial charge is 0.302 e. The van der Waals surface area contributed by atoms with Gasteiger partial charge in [0.1, 0.15) is 10.4 Å². The summed E-state index contributed by atoms with van der Waals surface area (Å²) in [5.74, 6) is 4.39. The van der Waals surface area contributed by atoms with Gasteiger partial charge in [-0.3, -0.25) is 0 Å². The lowest BCUT2D eigenvalue weighted by atomic mass is 10.0. The first-order valence-corrected chi connectivity index (χ1v) is 7.51. The first-order valence-electron chi connectivity index (χ1n) is 5.56. The molecule has 1 saturated heterocycles. The van der Waals surface area contributed by atoms with Gasteiger partial charge in [0.15, 0.2) is 0 Å². The van der Waals surface area contributed by atoms with Crippen LogP contribution in [0.25, 0.3) is 5.52 Å². The lowest BCUT2D eigenvalue weighted by molar-refractivity contribution is 0.595. The third-order valence-corrected chi connectivity index (χ3v) is 4.75. The van der Waals surface area contributed by atoms with Gasteiger partial charge < -0.3 is 4.40 Å². The Labute approximate surface area is 108 Å². The fraction of sp³-hybridized carbons (Fsp3) is 0.417. The van der Waals surface area contributed by atoms with Crippen molar-refractivity contribution in [1.82, 2.24) is 9.38 Å². The molecule has 0 aliphatic carbocycles. The summed E-state index contributed by atoms with van der Waals surface area (Å²) in [7, 11) is 0. The molecule has 1 aliphatic heterocycles. The summed E-state index contributed by atoms with van der Waals surface area (Å²) < 4.78 is 3.20. The second-order valence-electron chi connectivity index (χ2n) is 4.10. The number of rotatable bonds is 1.